The van der Waals surface area contributed by atoms with Crippen LogP contribution >= 0.6 is 0 Å². The second-order valence-corrected chi connectivity index (χ2v) is 6.15. The molecule has 6 nitrogen and oxygen atoms in total. The first-order valence-electron chi connectivity index (χ1n) is 8.32. The molecule has 0 bridgehead atoms. The normalized spacial score (nSPS) is 10.7. The van der Waals surface area contributed by atoms with Crippen molar-refractivity contribution in [3.05, 3.63) is 59.8 Å². The summed E-state index contributed by atoms with van der Waals surface area (Å²) in [6.45, 7) is 2.11. The lowest BCUT2D eigenvalue weighted by atomic mass is 10.1. The van der Waals surface area contributed by atoms with Crippen LogP contribution in [0.5, 0.6) is 0 Å². The molecule has 0 aliphatic carbocycles. The van der Waals surface area contributed by atoms with Gasteiger partial charge in [-0.15, -0.1) is 0 Å². The zero-order valence-corrected chi connectivity index (χ0v) is 15.0. The third kappa shape index (κ3) is 3.13. The van der Waals surface area contributed by atoms with E-state index < -0.39 is 0 Å². The Morgan fingerprint density at radius 1 is 1.08 bits per heavy atom. The Balaban J connectivity index is 2.01. The highest BCUT2D eigenvalue weighted by atomic mass is 16.5. The predicted molar refractivity (Wildman–Crippen MR) is 102 cm³/mol. The van der Waals surface area contributed by atoms with Crippen molar-refractivity contribution >= 4 is 28.5 Å². The summed E-state index contributed by atoms with van der Waals surface area (Å²) in [7, 11) is 3.43. The van der Waals surface area contributed by atoms with Crippen LogP contribution in [0.15, 0.2) is 48.7 Å². The van der Waals surface area contributed by atoms with E-state index in [1.807, 2.05) is 29.0 Å². The predicted octanol–water partition coefficient (Wildman–Crippen LogP) is 3.09. The molecule has 0 aliphatic heterocycles. The van der Waals surface area contributed by atoms with E-state index in [1.54, 1.807) is 45.3 Å². The van der Waals surface area contributed by atoms with Crippen LogP contribution in [0.25, 0.3) is 16.6 Å². The molecule has 0 fully saturated rings. The van der Waals surface area contributed by atoms with Gasteiger partial charge < -0.3 is 19.9 Å². The van der Waals surface area contributed by atoms with Gasteiger partial charge in [0.2, 0.25) is 0 Å². The number of esters is 1. The van der Waals surface area contributed by atoms with Crippen molar-refractivity contribution in [1.29, 1.82) is 0 Å². The minimum atomic E-state index is -0.345. The van der Waals surface area contributed by atoms with Crippen LogP contribution in [0.3, 0.4) is 0 Å². The molecule has 0 spiro atoms. The summed E-state index contributed by atoms with van der Waals surface area (Å²) in [6.07, 6.45) is 1.81. The van der Waals surface area contributed by atoms with E-state index in [2.05, 4.69) is 0 Å². The van der Waals surface area contributed by atoms with E-state index in [4.69, 9.17) is 10.5 Å². The molecule has 1 aromatic heterocycles. The summed E-state index contributed by atoms with van der Waals surface area (Å²) in [5, 5.41) is 0.812. The summed E-state index contributed by atoms with van der Waals surface area (Å²) < 4.78 is 6.94. The van der Waals surface area contributed by atoms with E-state index in [0.29, 0.717) is 23.4 Å². The summed E-state index contributed by atoms with van der Waals surface area (Å²) in [6, 6.07) is 12.6. The Kier molecular flexibility index (Phi) is 4.67. The molecule has 1 heterocycles. The minimum Gasteiger partial charge on any atom is -0.462 e. The maximum atomic E-state index is 12.2. The number of hydrogen-bond donors (Lipinski definition) is 1. The fraction of sp³-hybridized carbons (Fsp3) is 0.200. The number of aromatic nitrogens is 1. The van der Waals surface area contributed by atoms with E-state index in [9.17, 15) is 9.59 Å². The number of fused-ring (bicyclic) bond motifs is 1. The van der Waals surface area contributed by atoms with E-state index >= 15 is 0 Å². The van der Waals surface area contributed by atoms with Gasteiger partial charge in [0, 0.05) is 36.9 Å². The lowest BCUT2D eigenvalue weighted by Crippen LogP contribution is -2.21. The van der Waals surface area contributed by atoms with Crippen LogP contribution < -0.4 is 5.73 Å². The average Bonchev–Trinajstić information content (AvgIpc) is 2.97. The number of carbonyl (C=O) groups excluding carboxylic acids is 2. The van der Waals surface area contributed by atoms with Crippen molar-refractivity contribution in [3.8, 4) is 5.69 Å². The molecular formula is C20H21N3O3. The highest BCUT2D eigenvalue weighted by molar-refractivity contribution is 6.01. The number of nitrogen functional groups attached to an aromatic ring is 1. The van der Waals surface area contributed by atoms with Gasteiger partial charge in [-0.2, -0.15) is 0 Å². The van der Waals surface area contributed by atoms with Crippen molar-refractivity contribution in [1.82, 2.24) is 9.47 Å². The van der Waals surface area contributed by atoms with Gasteiger partial charge in [0.1, 0.15) is 0 Å². The van der Waals surface area contributed by atoms with Crippen molar-refractivity contribution < 1.29 is 14.3 Å². The lowest BCUT2D eigenvalue weighted by Gasteiger charge is -2.11. The number of benzene rings is 2. The van der Waals surface area contributed by atoms with Gasteiger partial charge in [0.25, 0.3) is 5.91 Å². The monoisotopic (exact) mass is 351 g/mol. The molecule has 3 rings (SSSR count). The van der Waals surface area contributed by atoms with Crippen molar-refractivity contribution in [2.75, 3.05) is 26.4 Å². The second kappa shape index (κ2) is 6.92. The first-order chi connectivity index (χ1) is 12.4. The van der Waals surface area contributed by atoms with E-state index in [1.165, 1.54) is 4.90 Å². The molecule has 3 aromatic rings. The third-order valence-corrected chi connectivity index (χ3v) is 4.15. The molecule has 134 valence electrons. The summed E-state index contributed by atoms with van der Waals surface area (Å²) in [4.78, 5) is 25.5. The lowest BCUT2D eigenvalue weighted by molar-refractivity contribution is 0.0526. The highest BCUT2D eigenvalue weighted by Gasteiger charge is 2.14. The minimum absolute atomic E-state index is 0.0714. The number of hydrogen-bond acceptors (Lipinski definition) is 4. The Labute approximate surface area is 151 Å². The zero-order chi connectivity index (χ0) is 18.8. The molecule has 0 saturated carbocycles. The van der Waals surface area contributed by atoms with Gasteiger partial charge in [-0.3, -0.25) is 4.79 Å². The van der Waals surface area contributed by atoms with Crippen LogP contribution in [0, 0.1) is 0 Å². The van der Waals surface area contributed by atoms with Gasteiger partial charge in [0.05, 0.1) is 23.4 Å². The van der Waals surface area contributed by atoms with Crippen molar-refractivity contribution in [2.24, 2.45) is 0 Å². The molecule has 0 radical (unpaired) electrons. The fourth-order valence-corrected chi connectivity index (χ4v) is 2.83. The maximum Gasteiger partial charge on any atom is 0.338 e. The van der Waals surface area contributed by atoms with E-state index in [0.717, 1.165) is 16.6 Å². The Hall–Kier alpha value is -3.28. The quantitative estimate of drug-likeness (QED) is 0.733. The molecule has 1 amide bonds. The standard InChI is InChI=1S/C20H21N3O3/c1-4-26-20(25)13-5-8-15(9-6-13)23-12-17(21)16-11-14(7-10-18(16)23)19(24)22(2)3/h5-12H,4,21H2,1-3H3. The molecule has 26 heavy (non-hydrogen) atoms. The number of amides is 1. The molecular weight excluding hydrogens is 330 g/mol. The van der Waals surface area contributed by atoms with Crippen LogP contribution in [0.1, 0.15) is 27.6 Å². The maximum absolute atomic E-state index is 12.2. The number of nitrogens with zero attached hydrogens (tertiary/aromatic N) is 2. The van der Waals surface area contributed by atoms with Crippen LogP contribution in [0.4, 0.5) is 5.69 Å². The largest absolute Gasteiger partial charge is 0.462 e. The third-order valence-electron chi connectivity index (χ3n) is 4.15. The fourth-order valence-electron chi connectivity index (χ4n) is 2.83. The molecule has 0 aliphatic rings. The average molecular weight is 351 g/mol. The zero-order valence-electron chi connectivity index (χ0n) is 15.0. The second-order valence-electron chi connectivity index (χ2n) is 6.15. The van der Waals surface area contributed by atoms with Gasteiger partial charge in [-0.05, 0) is 49.4 Å². The SMILES string of the molecule is CCOC(=O)c1ccc(-n2cc(N)c3cc(C(=O)N(C)C)ccc32)cc1. The number of carbonyl (C=O) groups is 2. The highest BCUT2D eigenvalue weighted by Crippen LogP contribution is 2.28. The Morgan fingerprint density at radius 2 is 1.73 bits per heavy atom. The first kappa shape index (κ1) is 17.5. The number of ether oxygens (including phenoxy) is 1. The Morgan fingerprint density at radius 3 is 2.35 bits per heavy atom. The van der Waals surface area contributed by atoms with Crippen molar-refractivity contribution in [2.45, 2.75) is 6.92 Å². The van der Waals surface area contributed by atoms with Gasteiger partial charge in [-0.1, -0.05) is 0 Å². The smallest absolute Gasteiger partial charge is 0.338 e. The van der Waals surface area contributed by atoms with Gasteiger partial charge in [-0.25, -0.2) is 4.79 Å². The van der Waals surface area contributed by atoms with Crippen LogP contribution in [-0.4, -0.2) is 42.0 Å². The van der Waals surface area contributed by atoms with Crippen molar-refractivity contribution in [3.63, 3.8) is 0 Å². The summed E-state index contributed by atoms with van der Waals surface area (Å²) in [5.74, 6) is -0.416. The number of anilines is 1. The van der Waals surface area contributed by atoms with Crippen LogP contribution in [-0.2, 0) is 4.74 Å². The van der Waals surface area contributed by atoms with Gasteiger partial charge in [0.15, 0.2) is 0 Å². The molecule has 2 N–H and O–H groups in total. The van der Waals surface area contributed by atoms with Crippen LogP contribution in [0.2, 0.25) is 0 Å². The summed E-state index contributed by atoms with van der Waals surface area (Å²) in [5.41, 5.74) is 9.59. The first-order valence-corrected chi connectivity index (χ1v) is 8.32. The topological polar surface area (TPSA) is 77.6 Å². The Bertz CT molecular complexity index is 972. The molecule has 6 heteroatoms. The number of rotatable bonds is 4. The van der Waals surface area contributed by atoms with E-state index in [-0.39, 0.29) is 11.9 Å². The molecule has 0 saturated heterocycles. The summed E-state index contributed by atoms with van der Waals surface area (Å²) >= 11 is 0. The van der Waals surface area contributed by atoms with Gasteiger partial charge >= 0.3 is 5.97 Å². The molecule has 0 atom stereocenters. The molecule has 2 aromatic carbocycles. The number of nitrogens with two attached hydrogens (primary N) is 1. The molecule has 0 unspecified atom stereocenters.